The van der Waals surface area contributed by atoms with Crippen molar-refractivity contribution in [2.45, 2.75) is 46.1 Å². The van der Waals surface area contributed by atoms with Gasteiger partial charge in [-0.05, 0) is 25.0 Å². The molecule has 0 spiro atoms. The van der Waals surface area contributed by atoms with Crippen molar-refractivity contribution in [1.29, 1.82) is 0 Å². The first-order valence-electron chi connectivity index (χ1n) is 6.95. The van der Waals surface area contributed by atoms with Crippen LogP contribution in [0.25, 0.3) is 5.69 Å². The molecule has 0 N–H and O–H groups in total. The van der Waals surface area contributed by atoms with Crippen molar-refractivity contribution < 1.29 is 4.57 Å². The fraction of sp³-hybridized carbons (Fsp3) is 0.438. The molecule has 2 rings (SSSR count). The molecular weight excluding hydrogens is 220 g/mol. The Bertz CT molecular complexity index is 471. The van der Waals surface area contributed by atoms with Crippen LogP contribution in [0.2, 0.25) is 0 Å². The Morgan fingerprint density at radius 3 is 2.56 bits per heavy atom. The van der Waals surface area contributed by atoms with Crippen molar-refractivity contribution >= 4 is 0 Å². The second-order valence-electron chi connectivity index (χ2n) is 4.80. The molecule has 2 heteroatoms. The molecule has 96 valence electrons. The Morgan fingerprint density at radius 1 is 1.06 bits per heavy atom. The molecule has 0 aliphatic carbocycles. The highest BCUT2D eigenvalue weighted by Gasteiger charge is 2.12. The Hall–Kier alpha value is -1.57. The van der Waals surface area contributed by atoms with Crippen LogP contribution in [0, 0.1) is 6.92 Å². The van der Waals surface area contributed by atoms with Crippen LogP contribution >= 0.6 is 0 Å². The highest BCUT2D eigenvalue weighted by atomic mass is 15.1. The van der Waals surface area contributed by atoms with E-state index in [1.807, 2.05) is 0 Å². The summed E-state index contributed by atoms with van der Waals surface area (Å²) in [4.78, 5) is 0. The first-order valence-corrected chi connectivity index (χ1v) is 6.95. The van der Waals surface area contributed by atoms with Gasteiger partial charge in [0.05, 0.1) is 6.54 Å². The smallest absolute Gasteiger partial charge is 0.234 e. The summed E-state index contributed by atoms with van der Waals surface area (Å²) >= 11 is 0. The summed E-state index contributed by atoms with van der Waals surface area (Å²) in [5, 5.41) is 0. The zero-order chi connectivity index (χ0) is 12.8. The van der Waals surface area contributed by atoms with Crippen molar-refractivity contribution in [3.8, 4) is 5.69 Å². The molecule has 0 amide bonds. The minimum absolute atomic E-state index is 1.13. The number of hydrogen-bond donors (Lipinski definition) is 0. The molecule has 0 saturated heterocycles. The predicted octanol–water partition coefficient (Wildman–Crippen LogP) is 3.65. The van der Waals surface area contributed by atoms with Gasteiger partial charge in [-0.15, -0.1) is 0 Å². The van der Waals surface area contributed by atoms with Gasteiger partial charge in [0.25, 0.3) is 5.82 Å². The minimum Gasteiger partial charge on any atom is -0.234 e. The zero-order valence-corrected chi connectivity index (χ0v) is 11.5. The quantitative estimate of drug-likeness (QED) is 0.541. The lowest BCUT2D eigenvalue weighted by atomic mass is 10.2. The van der Waals surface area contributed by atoms with Crippen LogP contribution in [0.3, 0.4) is 0 Å². The maximum Gasteiger partial charge on any atom is 0.258 e. The van der Waals surface area contributed by atoms with Crippen molar-refractivity contribution in [3.63, 3.8) is 0 Å². The number of imidazole rings is 1. The van der Waals surface area contributed by atoms with Crippen LogP contribution in [0.5, 0.6) is 0 Å². The first-order chi connectivity index (χ1) is 8.83. The lowest BCUT2D eigenvalue weighted by Crippen LogP contribution is -2.35. The van der Waals surface area contributed by atoms with Gasteiger partial charge in [-0.3, -0.25) is 0 Å². The Labute approximate surface area is 110 Å². The third-order valence-electron chi connectivity index (χ3n) is 3.45. The lowest BCUT2D eigenvalue weighted by Gasteiger charge is -2.01. The molecule has 0 atom stereocenters. The van der Waals surface area contributed by atoms with E-state index in [1.54, 1.807) is 0 Å². The molecule has 0 saturated carbocycles. The van der Waals surface area contributed by atoms with E-state index in [0.717, 1.165) is 6.54 Å². The van der Waals surface area contributed by atoms with Gasteiger partial charge in [0.15, 0.2) is 0 Å². The molecule has 0 unspecified atom stereocenters. The standard InChI is InChI=1S/C16H23N2/c1-3-4-5-9-12-17-13-14-18(15(17)2)16-10-7-6-8-11-16/h6-8,10-11,13-14H,3-5,9,12H2,1-2H3/q+1. The molecule has 1 heterocycles. The summed E-state index contributed by atoms with van der Waals surface area (Å²) in [6.45, 7) is 5.57. The van der Waals surface area contributed by atoms with E-state index in [1.165, 1.54) is 37.2 Å². The summed E-state index contributed by atoms with van der Waals surface area (Å²) in [6.07, 6.45) is 9.60. The van der Waals surface area contributed by atoms with E-state index in [2.05, 4.69) is 65.7 Å². The molecule has 0 fully saturated rings. The summed E-state index contributed by atoms with van der Waals surface area (Å²) in [5.41, 5.74) is 1.24. The number of aromatic nitrogens is 2. The molecule has 0 aliphatic heterocycles. The van der Waals surface area contributed by atoms with Gasteiger partial charge < -0.3 is 0 Å². The van der Waals surface area contributed by atoms with Gasteiger partial charge in [-0.1, -0.05) is 38.0 Å². The number of aryl methyl sites for hydroxylation is 1. The maximum atomic E-state index is 2.35. The van der Waals surface area contributed by atoms with Gasteiger partial charge >= 0.3 is 0 Å². The van der Waals surface area contributed by atoms with Crippen LogP contribution in [0.4, 0.5) is 0 Å². The number of rotatable bonds is 6. The molecule has 0 aliphatic rings. The molecular formula is C16H23N2+. The Morgan fingerprint density at radius 2 is 1.83 bits per heavy atom. The third kappa shape index (κ3) is 3.00. The van der Waals surface area contributed by atoms with Crippen molar-refractivity contribution in [3.05, 3.63) is 48.5 Å². The van der Waals surface area contributed by atoms with Gasteiger partial charge in [-0.2, -0.15) is 0 Å². The molecule has 1 aromatic heterocycles. The molecule has 1 aromatic carbocycles. The molecule has 2 aromatic rings. The average molecular weight is 243 g/mol. The summed E-state index contributed by atoms with van der Waals surface area (Å²) in [7, 11) is 0. The highest BCUT2D eigenvalue weighted by molar-refractivity contribution is 5.31. The topological polar surface area (TPSA) is 8.81 Å². The Kier molecular flexibility index (Phi) is 4.57. The number of para-hydroxylation sites is 1. The second-order valence-corrected chi connectivity index (χ2v) is 4.80. The minimum atomic E-state index is 1.13. The van der Waals surface area contributed by atoms with E-state index < -0.39 is 0 Å². The number of benzene rings is 1. The maximum absolute atomic E-state index is 2.35. The van der Waals surface area contributed by atoms with Gasteiger partial charge in [-0.25, -0.2) is 9.13 Å². The van der Waals surface area contributed by atoms with Gasteiger partial charge in [0.1, 0.15) is 18.1 Å². The fourth-order valence-corrected chi connectivity index (χ4v) is 2.31. The summed E-state index contributed by atoms with van der Waals surface area (Å²) < 4.78 is 4.60. The van der Waals surface area contributed by atoms with E-state index >= 15 is 0 Å². The van der Waals surface area contributed by atoms with Crippen LogP contribution in [-0.2, 0) is 6.54 Å². The predicted molar refractivity (Wildman–Crippen MR) is 74.8 cm³/mol. The first kappa shape index (κ1) is 12.9. The Balaban J connectivity index is 2.05. The second kappa shape index (κ2) is 6.39. The summed E-state index contributed by atoms with van der Waals surface area (Å²) in [6, 6.07) is 10.5. The molecule has 0 radical (unpaired) electrons. The zero-order valence-electron chi connectivity index (χ0n) is 11.5. The van der Waals surface area contributed by atoms with E-state index in [9.17, 15) is 0 Å². The molecule has 18 heavy (non-hydrogen) atoms. The number of hydrogen-bond acceptors (Lipinski definition) is 0. The SMILES string of the molecule is CCCCCC[n+]1ccn(-c2ccccc2)c1C. The molecule has 0 bridgehead atoms. The van der Waals surface area contributed by atoms with E-state index in [-0.39, 0.29) is 0 Å². The van der Waals surface area contributed by atoms with Crippen LogP contribution in [0.1, 0.15) is 38.4 Å². The summed E-state index contributed by atoms with van der Waals surface area (Å²) in [5.74, 6) is 1.30. The van der Waals surface area contributed by atoms with Crippen LogP contribution in [-0.4, -0.2) is 4.57 Å². The van der Waals surface area contributed by atoms with Crippen molar-refractivity contribution in [2.24, 2.45) is 0 Å². The monoisotopic (exact) mass is 243 g/mol. The van der Waals surface area contributed by atoms with Gasteiger partial charge in [0.2, 0.25) is 0 Å². The number of nitrogens with zero attached hydrogens (tertiary/aromatic N) is 2. The lowest BCUT2D eigenvalue weighted by molar-refractivity contribution is -0.702. The van der Waals surface area contributed by atoms with Crippen molar-refractivity contribution in [1.82, 2.24) is 4.57 Å². The normalized spacial score (nSPS) is 10.8. The third-order valence-corrected chi connectivity index (χ3v) is 3.45. The molecule has 2 nitrogen and oxygen atoms in total. The van der Waals surface area contributed by atoms with Crippen LogP contribution in [0.15, 0.2) is 42.7 Å². The van der Waals surface area contributed by atoms with Crippen LogP contribution < -0.4 is 4.57 Å². The average Bonchev–Trinajstić information content (AvgIpc) is 2.77. The van der Waals surface area contributed by atoms with Crippen molar-refractivity contribution in [2.75, 3.05) is 0 Å². The fourth-order valence-electron chi connectivity index (χ4n) is 2.31. The number of unbranched alkanes of at least 4 members (excludes halogenated alkanes) is 3. The van der Waals surface area contributed by atoms with E-state index in [4.69, 9.17) is 0 Å². The highest BCUT2D eigenvalue weighted by Crippen LogP contribution is 2.08. The largest absolute Gasteiger partial charge is 0.258 e. The van der Waals surface area contributed by atoms with E-state index in [0.29, 0.717) is 0 Å². The van der Waals surface area contributed by atoms with Gasteiger partial charge in [0, 0.05) is 6.92 Å².